The predicted octanol–water partition coefficient (Wildman–Crippen LogP) is 7.25. The first-order valence-electron chi connectivity index (χ1n) is 9.57. The van der Waals surface area contributed by atoms with Crippen molar-refractivity contribution in [3.63, 3.8) is 0 Å². The SMILES string of the molecule is O=[N+]([O-])c1ccc(NCc2cc(Cl)c(OCc3cccc4ccccc34)c(Cl)c2)cc1. The average molecular weight is 453 g/mol. The van der Waals surface area contributed by atoms with Gasteiger partial charge in [0.1, 0.15) is 6.61 Å². The first kappa shape index (κ1) is 21.0. The molecule has 0 unspecified atom stereocenters. The summed E-state index contributed by atoms with van der Waals surface area (Å²) >= 11 is 12.9. The van der Waals surface area contributed by atoms with E-state index in [0.717, 1.165) is 27.6 Å². The largest absolute Gasteiger partial charge is 0.486 e. The second kappa shape index (κ2) is 9.25. The number of nitro groups is 1. The Kier molecular flexibility index (Phi) is 6.26. The molecule has 0 saturated heterocycles. The number of anilines is 1. The van der Waals surface area contributed by atoms with Crippen LogP contribution in [0, 0.1) is 10.1 Å². The maximum absolute atomic E-state index is 10.8. The molecule has 0 bridgehead atoms. The molecule has 0 fully saturated rings. The minimum atomic E-state index is -0.430. The number of non-ortho nitro benzene ring substituents is 1. The van der Waals surface area contributed by atoms with Crippen LogP contribution in [0.2, 0.25) is 10.0 Å². The minimum Gasteiger partial charge on any atom is -0.486 e. The van der Waals surface area contributed by atoms with Crippen LogP contribution in [0.1, 0.15) is 11.1 Å². The summed E-state index contributed by atoms with van der Waals surface area (Å²) in [7, 11) is 0. The molecule has 0 aliphatic rings. The highest BCUT2D eigenvalue weighted by molar-refractivity contribution is 6.37. The van der Waals surface area contributed by atoms with Gasteiger partial charge in [-0.3, -0.25) is 10.1 Å². The van der Waals surface area contributed by atoms with E-state index in [0.29, 0.717) is 28.9 Å². The third-order valence-electron chi connectivity index (χ3n) is 4.88. The molecule has 4 aromatic carbocycles. The molecule has 1 N–H and O–H groups in total. The third kappa shape index (κ3) is 4.90. The van der Waals surface area contributed by atoms with E-state index in [2.05, 4.69) is 23.5 Å². The van der Waals surface area contributed by atoms with Gasteiger partial charge >= 0.3 is 0 Å². The van der Waals surface area contributed by atoms with Gasteiger partial charge in [0.2, 0.25) is 0 Å². The third-order valence-corrected chi connectivity index (χ3v) is 5.45. The fourth-order valence-electron chi connectivity index (χ4n) is 3.33. The number of nitrogens with one attached hydrogen (secondary N) is 1. The molecule has 0 aromatic heterocycles. The number of benzene rings is 4. The van der Waals surface area contributed by atoms with Gasteiger partial charge in [-0.1, -0.05) is 65.7 Å². The smallest absolute Gasteiger partial charge is 0.269 e. The van der Waals surface area contributed by atoms with Crippen molar-refractivity contribution >= 4 is 45.3 Å². The zero-order valence-electron chi connectivity index (χ0n) is 16.3. The van der Waals surface area contributed by atoms with E-state index in [1.807, 2.05) is 24.3 Å². The topological polar surface area (TPSA) is 64.4 Å². The normalized spacial score (nSPS) is 10.8. The standard InChI is InChI=1S/C24H18Cl2N2O3/c25-22-12-16(14-27-19-8-10-20(11-9-19)28(29)30)13-23(26)24(22)31-15-18-6-3-5-17-4-1-2-7-21(17)18/h1-13,27H,14-15H2. The van der Waals surface area contributed by atoms with E-state index in [1.54, 1.807) is 24.3 Å². The van der Waals surface area contributed by atoms with Crippen molar-refractivity contribution in [2.75, 3.05) is 5.32 Å². The molecule has 0 amide bonds. The van der Waals surface area contributed by atoms with E-state index in [-0.39, 0.29) is 5.69 Å². The summed E-state index contributed by atoms with van der Waals surface area (Å²) in [5.74, 6) is 0.440. The Hall–Kier alpha value is -3.28. The van der Waals surface area contributed by atoms with Crippen LogP contribution in [-0.2, 0) is 13.2 Å². The summed E-state index contributed by atoms with van der Waals surface area (Å²) in [6.45, 7) is 0.808. The Labute approximate surface area is 189 Å². The monoisotopic (exact) mass is 452 g/mol. The van der Waals surface area contributed by atoms with E-state index in [9.17, 15) is 10.1 Å². The number of halogens is 2. The molecule has 4 rings (SSSR count). The first-order valence-corrected chi connectivity index (χ1v) is 10.3. The molecular weight excluding hydrogens is 435 g/mol. The first-order chi connectivity index (χ1) is 15.0. The van der Waals surface area contributed by atoms with E-state index >= 15 is 0 Å². The van der Waals surface area contributed by atoms with Crippen LogP contribution in [-0.4, -0.2) is 4.92 Å². The number of nitro benzene ring substituents is 1. The van der Waals surface area contributed by atoms with Crippen LogP contribution < -0.4 is 10.1 Å². The van der Waals surface area contributed by atoms with Crippen molar-refractivity contribution in [1.29, 1.82) is 0 Å². The molecule has 4 aromatic rings. The van der Waals surface area contributed by atoms with Crippen molar-refractivity contribution in [3.8, 4) is 5.75 Å². The summed E-state index contributed by atoms with van der Waals surface area (Å²) < 4.78 is 5.97. The maximum Gasteiger partial charge on any atom is 0.269 e. The van der Waals surface area contributed by atoms with Gasteiger partial charge in [-0.05, 0) is 46.2 Å². The Bertz CT molecular complexity index is 1220. The molecule has 0 spiro atoms. The molecule has 0 atom stereocenters. The van der Waals surface area contributed by atoms with Crippen LogP contribution in [0.3, 0.4) is 0 Å². The molecule has 0 aliphatic carbocycles. The summed E-state index contributed by atoms with van der Waals surface area (Å²) in [6.07, 6.45) is 0. The van der Waals surface area contributed by atoms with Crippen molar-refractivity contribution in [2.45, 2.75) is 13.2 Å². The second-order valence-electron chi connectivity index (χ2n) is 6.97. The lowest BCUT2D eigenvalue weighted by atomic mass is 10.1. The van der Waals surface area contributed by atoms with Crippen molar-refractivity contribution in [2.24, 2.45) is 0 Å². The van der Waals surface area contributed by atoms with Gasteiger partial charge in [-0.15, -0.1) is 0 Å². The van der Waals surface area contributed by atoms with Gasteiger partial charge in [0.15, 0.2) is 5.75 Å². The summed E-state index contributed by atoms with van der Waals surface area (Å²) in [4.78, 5) is 10.3. The number of hydrogen-bond donors (Lipinski definition) is 1. The lowest BCUT2D eigenvalue weighted by Crippen LogP contribution is -2.02. The molecule has 0 aliphatic heterocycles. The van der Waals surface area contributed by atoms with E-state index in [4.69, 9.17) is 27.9 Å². The van der Waals surface area contributed by atoms with Crippen molar-refractivity contribution in [3.05, 3.63) is 110 Å². The molecule has 156 valence electrons. The fourth-order valence-corrected chi connectivity index (χ4v) is 3.97. The predicted molar refractivity (Wildman–Crippen MR) is 125 cm³/mol. The molecule has 0 radical (unpaired) electrons. The number of ether oxygens (including phenoxy) is 1. The summed E-state index contributed by atoms with van der Waals surface area (Å²) in [6, 6.07) is 24.0. The number of nitrogens with zero attached hydrogens (tertiary/aromatic N) is 1. The Balaban J connectivity index is 1.45. The van der Waals surface area contributed by atoms with Crippen LogP contribution in [0.5, 0.6) is 5.75 Å². The van der Waals surface area contributed by atoms with Gasteiger partial charge in [0.25, 0.3) is 5.69 Å². The van der Waals surface area contributed by atoms with Crippen LogP contribution in [0.25, 0.3) is 10.8 Å². The zero-order valence-corrected chi connectivity index (χ0v) is 17.9. The number of fused-ring (bicyclic) bond motifs is 1. The highest BCUT2D eigenvalue weighted by atomic mass is 35.5. The highest BCUT2D eigenvalue weighted by Gasteiger charge is 2.12. The number of rotatable bonds is 7. The molecule has 7 heteroatoms. The Morgan fingerprint density at radius 2 is 1.58 bits per heavy atom. The quantitative estimate of drug-likeness (QED) is 0.237. The van der Waals surface area contributed by atoms with Crippen LogP contribution in [0.4, 0.5) is 11.4 Å². The maximum atomic E-state index is 10.8. The van der Waals surface area contributed by atoms with Gasteiger partial charge in [0.05, 0.1) is 15.0 Å². The Morgan fingerprint density at radius 1 is 0.903 bits per heavy atom. The molecule has 0 saturated carbocycles. The average Bonchev–Trinajstić information content (AvgIpc) is 2.77. The summed E-state index contributed by atoms with van der Waals surface area (Å²) in [5, 5.41) is 17.1. The minimum absolute atomic E-state index is 0.0457. The number of hydrogen-bond acceptors (Lipinski definition) is 4. The van der Waals surface area contributed by atoms with Gasteiger partial charge in [-0.2, -0.15) is 0 Å². The molecule has 31 heavy (non-hydrogen) atoms. The van der Waals surface area contributed by atoms with E-state index < -0.39 is 4.92 Å². The van der Waals surface area contributed by atoms with Crippen LogP contribution in [0.15, 0.2) is 78.9 Å². The second-order valence-corrected chi connectivity index (χ2v) is 7.79. The van der Waals surface area contributed by atoms with Crippen molar-refractivity contribution in [1.82, 2.24) is 0 Å². The molecule has 0 heterocycles. The van der Waals surface area contributed by atoms with E-state index in [1.165, 1.54) is 12.1 Å². The molecular formula is C24H18Cl2N2O3. The lowest BCUT2D eigenvalue weighted by Gasteiger charge is -2.14. The fraction of sp³-hybridized carbons (Fsp3) is 0.0833. The van der Waals surface area contributed by atoms with Gasteiger partial charge in [-0.25, -0.2) is 0 Å². The van der Waals surface area contributed by atoms with Crippen LogP contribution >= 0.6 is 23.2 Å². The summed E-state index contributed by atoms with van der Waals surface area (Å²) in [5.41, 5.74) is 2.72. The lowest BCUT2D eigenvalue weighted by molar-refractivity contribution is -0.384. The van der Waals surface area contributed by atoms with Crippen molar-refractivity contribution < 1.29 is 9.66 Å². The Morgan fingerprint density at radius 3 is 2.29 bits per heavy atom. The van der Waals surface area contributed by atoms with Gasteiger partial charge in [0, 0.05) is 24.4 Å². The van der Waals surface area contributed by atoms with Gasteiger partial charge < -0.3 is 10.1 Å². The highest BCUT2D eigenvalue weighted by Crippen LogP contribution is 2.35. The zero-order chi connectivity index (χ0) is 21.8. The molecule has 5 nitrogen and oxygen atoms in total.